The van der Waals surface area contributed by atoms with Crippen LogP contribution in [0.4, 0.5) is 0 Å². The molecule has 0 unspecified atom stereocenters. The molecule has 0 amide bonds. The molecule has 0 fully saturated rings. The molecule has 0 bridgehead atoms. The van der Waals surface area contributed by atoms with Crippen molar-refractivity contribution in [1.29, 1.82) is 10.8 Å². The summed E-state index contributed by atoms with van der Waals surface area (Å²) in [6.07, 6.45) is 0. The quantitative estimate of drug-likeness (QED) is 0.233. The van der Waals surface area contributed by atoms with Gasteiger partial charge in [-0.1, -0.05) is 24.3 Å². The van der Waals surface area contributed by atoms with Gasteiger partial charge in [0.2, 0.25) is 0 Å². The van der Waals surface area contributed by atoms with Gasteiger partial charge in [0, 0.05) is 11.1 Å². The smallest absolute Gasteiger partial charge is 0.343 e. The van der Waals surface area contributed by atoms with Crippen LogP contribution in [0, 0.1) is 10.8 Å². The van der Waals surface area contributed by atoms with Crippen molar-refractivity contribution >= 4 is 23.4 Å². The van der Waals surface area contributed by atoms with Crippen molar-refractivity contribution in [2.24, 2.45) is 0 Å². The number of hydrogen-bond acceptors (Lipinski definition) is 8. The molecule has 0 saturated carbocycles. The lowest BCUT2D eigenvalue weighted by Crippen LogP contribution is -2.19. The average molecular weight is 388 g/mol. The molecule has 0 aliphatic rings. The third-order valence-electron chi connectivity index (χ3n) is 3.64. The Labute approximate surface area is 163 Å². The SMILES string of the molecule is CCOC(=O)/C(C(=N)c1ccc(C(=N)/C(C(=O)OCC)=C(/C)O)cc1)=C(\C)O. The van der Waals surface area contributed by atoms with Gasteiger partial charge in [0.15, 0.2) is 0 Å². The van der Waals surface area contributed by atoms with Crippen LogP contribution in [-0.4, -0.2) is 46.8 Å². The second-order valence-corrected chi connectivity index (χ2v) is 5.69. The topological polar surface area (TPSA) is 141 Å². The van der Waals surface area contributed by atoms with Gasteiger partial charge in [0.05, 0.1) is 24.6 Å². The molecule has 0 aliphatic carbocycles. The van der Waals surface area contributed by atoms with Gasteiger partial charge in [0.1, 0.15) is 22.7 Å². The van der Waals surface area contributed by atoms with E-state index in [4.69, 9.17) is 20.3 Å². The minimum Gasteiger partial charge on any atom is -0.512 e. The van der Waals surface area contributed by atoms with E-state index in [1.807, 2.05) is 0 Å². The maximum absolute atomic E-state index is 12.0. The van der Waals surface area contributed by atoms with Crippen molar-refractivity contribution < 1.29 is 29.3 Å². The predicted octanol–water partition coefficient (Wildman–Crippen LogP) is 3.21. The fourth-order valence-electron chi connectivity index (χ4n) is 2.36. The third-order valence-corrected chi connectivity index (χ3v) is 3.64. The van der Waals surface area contributed by atoms with Gasteiger partial charge in [-0.25, -0.2) is 9.59 Å². The molecule has 0 saturated heterocycles. The molecular formula is C20H24N2O6. The molecule has 28 heavy (non-hydrogen) atoms. The van der Waals surface area contributed by atoms with E-state index in [9.17, 15) is 19.8 Å². The molecule has 8 heteroatoms. The van der Waals surface area contributed by atoms with Gasteiger partial charge in [-0.2, -0.15) is 0 Å². The van der Waals surface area contributed by atoms with Crippen LogP contribution in [0.5, 0.6) is 0 Å². The van der Waals surface area contributed by atoms with Gasteiger partial charge in [-0.05, 0) is 27.7 Å². The zero-order valence-corrected chi connectivity index (χ0v) is 16.3. The van der Waals surface area contributed by atoms with Crippen LogP contribution in [0.25, 0.3) is 0 Å². The molecule has 4 N–H and O–H groups in total. The first kappa shape index (κ1) is 22.6. The van der Waals surface area contributed by atoms with Crippen molar-refractivity contribution in [2.45, 2.75) is 27.7 Å². The summed E-state index contributed by atoms with van der Waals surface area (Å²) in [6, 6.07) is 5.85. The Morgan fingerprint density at radius 1 is 0.786 bits per heavy atom. The van der Waals surface area contributed by atoms with Crippen LogP contribution in [0.15, 0.2) is 46.9 Å². The lowest BCUT2D eigenvalue weighted by Gasteiger charge is -2.12. The zero-order chi connectivity index (χ0) is 21.4. The molecule has 1 aromatic rings. The number of hydrogen-bond donors (Lipinski definition) is 4. The number of nitrogens with one attached hydrogen (secondary N) is 2. The Kier molecular flexibility index (Phi) is 8.12. The van der Waals surface area contributed by atoms with Gasteiger partial charge >= 0.3 is 11.9 Å². The number of benzene rings is 1. The summed E-state index contributed by atoms with van der Waals surface area (Å²) in [7, 11) is 0. The summed E-state index contributed by atoms with van der Waals surface area (Å²) in [5.74, 6) is -2.31. The normalized spacial score (nSPS) is 12.4. The minimum absolute atomic E-state index is 0.0997. The predicted molar refractivity (Wildman–Crippen MR) is 104 cm³/mol. The maximum atomic E-state index is 12.0. The van der Waals surface area contributed by atoms with Gasteiger partial charge < -0.3 is 19.7 Å². The summed E-state index contributed by atoms with van der Waals surface area (Å²) in [4.78, 5) is 24.0. The van der Waals surface area contributed by atoms with E-state index in [2.05, 4.69) is 0 Å². The molecule has 150 valence electrons. The van der Waals surface area contributed by atoms with Crippen molar-refractivity contribution in [3.63, 3.8) is 0 Å². The average Bonchev–Trinajstić information content (AvgIpc) is 2.61. The van der Waals surface area contributed by atoms with E-state index in [-0.39, 0.29) is 47.3 Å². The van der Waals surface area contributed by atoms with Crippen LogP contribution in [0.1, 0.15) is 38.8 Å². The van der Waals surface area contributed by atoms with Crippen LogP contribution in [0.2, 0.25) is 0 Å². The van der Waals surface area contributed by atoms with Gasteiger partial charge in [-0.3, -0.25) is 10.8 Å². The summed E-state index contributed by atoms with van der Waals surface area (Å²) >= 11 is 0. The van der Waals surface area contributed by atoms with Crippen molar-refractivity contribution in [3.05, 3.63) is 58.1 Å². The highest BCUT2D eigenvalue weighted by atomic mass is 16.5. The molecule has 0 aliphatic heterocycles. The molecule has 0 radical (unpaired) electrons. The summed E-state index contributed by atoms with van der Waals surface area (Å²) < 4.78 is 9.72. The van der Waals surface area contributed by atoms with E-state index in [1.165, 1.54) is 38.1 Å². The highest BCUT2D eigenvalue weighted by Gasteiger charge is 2.23. The molecule has 0 aromatic heterocycles. The van der Waals surface area contributed by atoms with Crippen LogP contribution in [-0.2, 0) is 19.1 Å². The second kappa shape index (κ2) is 10.1. The highest BCUT2D eigenvalue weighted by Crippen LogP contribution is 2.17. The number of ether oxygens (including phenoxy) is 2. The third kappa shape index (κ3) is 5.29. The van der Waals surface area contributed by atoms with Gasteiger partial charge in [0.25, 0.3) is 0 Å². The largest absolute Gasteiger partial charge is 0.512 e. The van der Waals surface area contributed by atoms with Crippen molar-refractivity contribution in [1.82, 2.24) is 0 Å². The number of allylic oxidation sites excluding steroid dienone is 2. The second-order valence-electron chi connectivity index (χ2n) is 5.69. The number of carbonyl (C=O) groups is 2. The number of rotatable bonds is 8. The van der Waals surface area contributed by atoms with E-state index >= 15 is 0 Å². The molecule has 0 atom stereocenters. The molecule has 0 heterocycles. The van der Waals surface area contributed by atoms with Crippen LogP contribution in [0.3, 0.4) is 0 Å². The van der Waals surface area contributed by atoms with E-state index in [1.54, 1.807) is 13.8 Å². The highest BCUT2D eigenvalue weighted by molar-refractivity contribution is 6.27. The minimum atomic E-state index is -0.812. The number of carbonyl (C=O) groups excluding carboxylic acids is 2. The Balaban J connectivity index is 3.20. The first-order valence-corrected chi connectivity index (χ1v) is 8.58. The monoisotopic (exact) mass is 388 g/mol. The molecule has 1 rings (SSSR count). The Morgan fingerprint density at radius 3 is 1.29 bits per heavy atom. The van der Waals surface area contributed by atoms with E-state index in [0.29, 0.717) is 11.1 Å². The number of esters is 2. The molecule has 0 spiro atoms. The fraction of sp³-hybridized carbons (Fsp3) is 0.300. The summed E-state index contributed by atoms with van der Waals surface area (Å²) in [5, 5.41) is 35.9. The summed E-state index contributed by atoms with van der Waals surface area (Å²) in [5.41, 5.74) is -0.399. The van der Waals surface area contributed by atoms with Crippen LogP contribution < -0.4 is 0 Å². The lowest BCUT2D eigenvalue weighted by molar-refractivity contribution is -0.139. The lowest BCUT2D eigenvalue weighted by atomic mass is 9.96. The molecular weight excluding hydrogens is 364 g/mol. The fourth-order valence-corrected chi connectivity index (χ4v) is 2.36. The van der Waals surface area contributed by atoms with E-state index < -0.39 is 11.9 Å². The first-order valence-electron chi connectivity index (χ1n) is 8.58. The van der Waals surface area contributed by atoms with Gasteiger partial charge in [-0.15, -0.1) is 0 Å². The van der Waals surface area contributed by atoms with Crippen molar-refractivity contribution in [3.8, 4) is 0 Å². The molecule has 1 aromatic carbocycles. The number of aliphatic hydroxyl groups is 2. The summed E-state index contributed by atoms with van der Waals surface area (Å²) in [6.45, 7) is 6.00. The first-order chi connectivity index (χ1) is 13.1. The molecule has 8 nitrogen and oxygen atoms in total. The van der Waals surface area contributed by atoms with Crippen molar-refractivity contribution in [2.75, 3.05) is 13.2 Å². The number of aliphatic hydroxyl groups excluding tert-OH is 2. The maximum Gasteiger partial charge on any atom is 0.343 e. The Morgan fingerprint density at radius 2 is 1.07 bits per heavy atom. The van der Waals surface area contributed by atoms with E-state index in [0.717, 1.165) is 0 Å². The van der Waals surface area contributed by atoms with Crippen LogP contribution >= 0.6 is 0 Å². The Hall–Kier alpha value is -3.42. The Bertz CT molecular complexity index is 771. The zero-order valence-electron chi connectivity index (χ0n) is 16.3. The standard InChI is InChI=1S/C20H24N2O6/c1-5-27-19(25)15(11(3)23)17(21)13-7-9-14(10-8-13)18(22)16(12(4)24)20(26)28-6-2/h7-10,21-24H,5-6H2,1-4H3/b15-11+,16-12+,21-17?,22-18?.